The van der Waals surface area contributed by atoms with Gasteiger partial charge in [-0.25, -0.2) is 8.42 Å². The summed E-state index contributed by atoms with van der Waals surface area (Å²) in [5.41, 5.74) is 0.693. The van der Waals surface area contributed by atoms with E-state index >= 15 is 0 Å². The summed E-state index contributed by atoms with van der Waals surface area (Å²) in [6.07, 6.45) is 1.14. The topological polar surface area (TPSA) is 72.5 Å². The fourth-order valence-corrected chi connectivity index (χ4v) is 2.28. The van der Waals surface area contributed by atoms with Gasteiger partial charge in [0, 0.05) is 11.9 Å². The number of ether oxygens (including phenoxy) is 1. The Hall–Kier alpha value is -2.34. The summed E-state index contributed by atoms with van der Waals surface area (Å²) in [6, 6.07) is 15.0. The Morgan fingerprint density at radius 1 is 1.05 bits per heavy atom. The fourth-order valence-electron chi connectivity index (χ4n) is 1.65. The van der Waals surface area contributed by atoms with Gasteiger partial charge in [0.25, 0.3) is 5.91 Å². The first-order valence-electron chi connectivity index (χ1n) is 6.23. The van der Waals surface area contributed by atoms with Gasteiger partial charge >= 0.3 is 0 Å². The molecule has 0 aromatic heterocycles. The van der Waals surface area contributed by atoms with Gasteiger partial charge in [-0.15, -0.1) is 0 Å². The first-order valence-corrected chi connectivity index (χ1v) is 8.12. The van der Waals surface area contributed by atoms with Crippen LogP contribution in [-0.4, -0.2) is 27.2 Å². The second-order valence-corrected chi connectivity index (χ2v) is 6.46. The highest BCUT2D eigenvalue weighted by molar-refractivity contribution is 7.90. The zero-order valence-corrected chi connectivity index (χ0v) is 12.3. The molecule has 2 aromatic rings. The molecule has 0 saturated carbocycles. The van der Waals surface area contributed by atoms with Crippen LogP contribution in [0.1, 0.15) is 0 Å². The summed E-state index contributed by atoms with van der Waals surface area (Å²) in [5, 5.41) is 2.69. The van der Waals surface area contributed by atoms with Gasteiger partial charge in [0.2, 0.25) is 0 Å². The highest BCUT2D eigenvalue weighted by Crippen LogP contribution is 2.15. The van der Waals surface area contributed by atoms with Crippen molar-refractivity contribution < 1.29 is 17.9 Å². The Kier molecular flexibility index (Phi) is 4.59. The summed E-state index contributed by atoms with van der Waals surface area (Å²) in [7, 11) is -3.23. The lowest BCUT2D eigenvalue weighted by Crippen LogP contribution is -2.20. The van der Waals surface area contributed by atoms with E-state index in [0.29, 0.717) is 11.4 Å². The highest BCUT2D eigenvalue weighted by atomic mass is 32.2. The summed E-state index contributed by atoms with van der Waals surface area (Å²) < 4.78 is 27.9. The van der Waals surface area contributed by atoms with E-state index in [-0.39, 0.29) is 17.4 Å². The number of hydrogen-bond acceptors (Lipinski definition) is 4. The van der Waals surface area contributed by atoms with Gasteiger partial charge in [-0.05, 0) is 36.4 Å². The van der Waals surface area contributed by atoms with Crippen molar-refractivity contribution in [1.82, 2.24) is 0 Å². The van der Waals surface area contributed by atoms with Gasteiger partial charge in [-0.1, -0.05) is 18.2 Å². The van der Waals surface area contributed by atoms with Crippen molar-refractivity contribution in [3.63, 3.8) is 0 Å². The molecule has 0 aliphatic carbocycles. The fraction of sp³-hybridized carbons (Fsp3) is 0.133. The molecule has 21 heavy (non-hydrogen) atoms. The molecule has 0 saturated heterocycles. The second-order valence-electron chi connectivity index (χ2n) is 4.45. The third-order valence-electron chi connectivity index (χ3n) is 2.68. The van der Waals surface area contributed by atoms with E-state index < -0.39 is 9.84 Å². The maximum absolute atomic E-state index is 11.7. The van der Waals surface area contributed by atoms with Crippen LogP contribution in [0.25, 0.3) is 0 Å². The van der Waals surface area contributed by atoms with Crippen LogP contribution in [0.5, 0.6) is 5.75 Å². The molecule has 0 atom stereocenters. The number of carbonyl (C=O) groups is 1. The van der Waals surface area contributed by atoms with Crippen molar-refractivity contribution in [2.24, 2.45) is 0 Å². The molecule has 6 heteroatoms. The van der Waals surface area contributed by atoms with E-state index in [0.717, 1.165) is 6.26 Å². The molecule has 0 radical (unpaired) electrons. The molecule has 0 bridgehead atoms. The lowest BCUT2D eigenvalue weighted by atomic mass is 10.3. The molecule has 2 rings (SSSR count). The third kappa shape index (κ3) is 4.61. The van der Waals surface area contributed by atoms with Crippen LogP contribution in [0.3, 0.4) is 0 Å². The Morgan fingerprint density at radius 3 is 2.24 bits per heavy atom. The molecule has 2 aromatic carbocycles. The molecule has 5 nitrogen and oxygen atoms in total. The van der Waals surface area contributed by atoms with E-state index in [1.54, 1.807) is 12.1 Å². The maximum Gasteiger partial charge on any atom is 0.262 e. The lowest BCUT2D eigenvalue weighted by molar-refractivity contribution is -0.118. The number of carbonyl (C=O) groups excluding carboxylic acids is 1. The third-order valence-corrected chi connectivity index (χ3v) is 3.81. The molecule has 1 amide bonds. The highest BCUT2D eigenvalue weighted by Gasteiger charge is 2.07. The number of benzene rings is 2. The number of amides is 1. The van der Waals surface area contributed by atoms with Gasteiger partial charge in [-0.3, -0.25) is 4.79 Å². The molecule has 1 N–H and O–H groups in total. The number of para-hydroxylation sites is 1. The summed E-state index contributed by atoms with van der Waals surface area (Å²) in [6.45, 7) is -0.146. The first kappa shape index (κ1) is 15.1. The van der Waals surface area contributed by atoms with Crippen molar-refractivity contribution >= 4 is 21.4 Å². The summed E-state index contributed by atoms with van der Waals surface area (Å²) in [4.78, 5) is 11.9. The van der Waals surface area contributed by atoms with Gasteiger partial charge in [0.05, 0.1) is 4.90 Å². The van der Waals surface area contributed by atoms with Crippen LogP contribution >= 0.6 is 0 Å². The lowest BCUT2D eigenvalue weighted by Gasteiger charge is -2.08. The molecule has 110 valence electrons. The van der Waals surface area contributed by atoms with Crippen molar-refractivity contribution in [3.05, 3.63) is 54.6 Å². The van der Waals surface area contributed by atoms with E-state index in [2.05, 4.69) is 5.32 Å². The monoisotopic (exact) mass is 305 g/mol. The van der Waals surface area contributed by atoms with Crippen molar-refractivity contribution in [2.45, 2.75) is 4.90 Å². The summed E-state index contributed by atoms with van der Waals surface area (Å²) >= 11 is 0. The minimum absolute atomic E-state index is 0.146. The largest absolute Gasteiger partial charge is 0.484 e. The smallest absolute Gasteiger partial charge is 0.262 e. The van der Waals surface area contributed by atoms with Crippen LogP contribution in [0.15, 0.2) is 59.5 Å². The number of rotatable bonds is 5. The Balaban J connectivity index is 1.90. The van der Waals surface area contributed by atoms with Crippen molar-refractivity contribution in [3.8, 4) is 5.75 Å². The Bertz CT molecular complexity index is 709. The quantitative estimate of drug-likeness (QED) is 0.918. The SMILES string of the molecule is CS(=O)(=O)c1ccc(OCC(=O)Nc2ccccc2)cc1. The number of hydrogen-bond donors (Lipinski definition) is 1. The van der Waals surface area contributed by atoms with Crippen LogP contribution in [0, 0.1) is 0 Å². The minimum Gasteiger partial charge on any atom is -0.484 e. The standard InChI is InChI=1S/C15H15NO4S/c1-21(18,19)14-9-7-13(8-10-14)20-11-15(17)16-12-5-3-2-4-6-12/h2-10H,11H2,1H3,(H,16,17). The van der Waals surface area contributed by atoms with E-state index in [1.807, 2.05) is 18.2 Å². The summed E-state index contributed by atoms with van der Waals surface area (Å²) in [5.74, 6) is 0.152. The molecule has 0 fully saturated rings. The van der Waals surface area contributed by atoms with Crippen molar-refractivity contribution in [1.29, 1.82) is 0 Å². The predicted molar refractivity (Wildman–Crippen MR) is 80.1 cm³/mol. The number of anilines is 1. The Morgan fingerprint density at radius 2 is 1.67 bits per heavy atom. The second kappa shape index (κ2) is 6.41. The van der Waals surface area contributed by atoms with E-state index in [4.69, 9.17) is 4.74 Å². The molecular weight excluding hydrogens is 290 g/mol. The molecule has 0 spiro atoms. The van der Waals surface area contributed by atoms with Crippen molar-refractivity contribution in [2.75, 3.05) is 18.2 Å². The van der Waals surface area contributed by atoms with Gasteiger partial charge in [0.15, 0.2) is 16.4 Å². The van der Waals surface area contributed by atoms with E-state index in [9.17, 15) is 13.2 Å². The van der Waals surface area contributed by atoms with Gasteiger partial charge in [-0.2, -0.15) is 0 Å². The molecule has 0 unspecified atom stereocenters. The Labute approximate surface area is 123 Å². The zero-order valence-electron chi connectivity index (χ0n) is 11.4. The van der Waals surface area contributed by atoms with E-state index in [1.165, 1.54) is 24.3 Å². The zero-order chi connectivity index (χ0) is 15.3. The number of nitrogens with one attached hydrogen (secondary N) is 1. The van der Waals surface area contributed by atoms with Crippen LogP contribution < -0.4 is 10.1 Å². The van der Waals surface area contributed by atoms with Crippen LogP contribution in [0.4, 0.5) is 5.69 Å². The molecule has 0 aliphatic heterocycles. The predicted octanol–water partition coefficient (Wildman–Crippen LogP) is 2.11. The van der Waals surface area contributed by atoms with Crippen LogP contribution in [-0.2, 0) is 14.6 Å². The van der Waals surface area contributed by atoms with Gasteiger partial charge in [0.1, 0.15) is 5.75 Å². The minimum atomic E-state index is -3.23. The van der Waals surface area contributed by atoms with Crippen LogP contribution in [0.2, 0.25) is 0 Å². The average Bonchev–Trinajstić information content (AvgIpc) is 2.46. The molecular formula is C15H15NO4S. The maximum atomic E-state index is 11.7. The number of sulfone groups is 1. The average molecular weight is 305 g/mol. The molecule has 0 aliphatic rings. The normalized spacial score (nSPS) is 10.9. The molecule has 0 heterocycles. The van der Waals surface area contributed by atoms with Gasteiger partial charge < -0.3 is 10.1 Å². The first-order chi connectivity index (χ1) is 9.95.